The third kappa shape index (κ3) is 8.36. The third-order valence-electron chi connectivity index (χ3n) is 4.33. The van der Waals surface area contributed by atoms with Gasteiger partial charge in [-0.3, -0.25) is 15.3 Å². The Hall–Kier alpha value is -3.76. The second-order valence-corrected chi connectivity index (χ2v) is 6.80. The molecule has 0 heterocycles. The van der Waals surface area contributed by atoms with Crippen molar-refractivity contribution in [1.29, 1.82) is 0 Å². The molecular formula is C23H24F2N2O6. The zero-order valence-corrected chi connectivity index (χ0v) is 17.7. The van der Waals surface area contributed by atoms with E-state index in [-0.39, 0.29) is 18.9 Å². The van der Waals surface area contributed by atoms with Crippen molar-refractivity contribution in [3.8, 4) is 5.75 Å². The van der Waals surface area contributed by atoms with Gasteiger partial charge in [0, 0.05) is 18.1 Å². The van der Waals surface area contributed by atoms with Crippen LogP contribution in [0.2, 0.25) is 0 Å². The SMILES string of the molecule is C[C@@H](/C=C/C=C/C(=O)NO)[C@@H](OC(=O)Nc1ccc(F)cc1F)c1ccc(OCCO)cc1. The third-order valence-corrected chi connectivity index (χ3v) is 4.33. The molecule has 2 amide bonds. The number of carbonyl (C=O) groups is 2. The number of hydroxylamine groups is 1. The Balaban J connectivity index is 2.19. The van der Waals surface area contributed by atoms with Crippen LogP contribution in [0.25, 0.3) is 0 Å². The molecule has 4 N–H and O–H groups in total. The minimum absolute atomic E-state index is 0.123. The second-order valence-electron chi connectivity index (χ2n) is 6.80. The number of hydrogen-bond donors (Lipinski definition) is 4. The van der Waals surface area contributed by atoms with Crippen LogP contribution in [0.15, 0.2) is 66.8 Å². The van der Waals surface area contributed by atoms with E-state index in [0.717, 1.165) is 18.2 Å². The number of nitrogens with one attached hydrogen (secondary N) is 2. The summed E-state index contributed by atoms with van der Waals surface area (Å²) < 4.78 is 37.8. The molecule has 0 aromatic heterocycles. The lowest BCUT2D eigenvalue weighted by molar-refractivity contribution is -0.124. The normalized spacial score (nSPS) is 13.0. The van der Waals surface area contributed by atoms with Gasteiger partial charge in [-0.2, -0.15) is 0 Å². The highest BCUT2D eigenvalue weighted by Gasteiger charge is 2.23. The topological polar surface area (TPSA) is 117 Å². The first kappa shape index (κ1) is 25.5. The van der Waals surface area contributed by atoms with Crippen LogP contribution in [0.4, 0.5) is 19.3 Å². The van der Waals surface area contributed by atoms with Crippen molar-refractivity contribution in [2.75, 3.05) is 18.5 Å². The summed E-state index contributed by atoms with van der Waals surface area (Å²) in [6.07, 6.45) is 3.90. The molecular weight excluding hydrogens is 438 g/mol. The Bertz CT molecular complexity index is 995. The monoisotopic (exact) mass is 462 g/mol. The smallest absolute Gasteiger partial charge is 0.412 e. The zero-order valence-electron chi connectivity index (χ0n) is 17.7. The summed E-state index contributed by atoms with van der Waals surface area (Å²) in [5, 5.41) is 19.6. The number of ether oxygens (including phenoxy) is 2. The number of benzene rings is 2. The fraction of sp³-hybridized carbons (Fsp3) is 0.217. The largest absolute Gasteiger partial charge is 0.491 e. The van der Waals surface area contributed by atoms with Gasteiger partial charge in [-0.15, -0.1) is 0 Å². The molecule has 0 aliphatic rings. The Morgan fingerprint density at radius 3 is 2.48 bits per heavy atom. The maximum absolute atomic E-state index is 13.9. The zero-order chi connectivity index (χ0) is 24.2. The number of allylic oxidation sites excluding steroid dienone is 2. The standard InChI is InChI=1S/C23H24F2N2O6/c1-15(4-2-3-5-21(29)27-31)22(16-6-9-18(10-7-16)32-13-12-28)33-23(30)26-20-11-8-17(24)14-19(20)25/h2-11,14-15,22,28,31H,12-13H2,1H3,(H,26,30)(H,27,29)/b4-2+,5-3+/t15-,22+/m0/s1. The lowest BCUT2D eigenvalue weighted by Gasteiger charge is -2.23. The van der Waals surface area contributed by atoms with Crippen molar-refractivity contribution in [3.63, 3.8) is 0 Å². The van der Waals surface area contributed by atoms with Gasteiger partial charge in [0.05, 0.1) is 12.3 Å². The molecule has 0 spiro atoms. The highest BCUT2D eigenvalue weighted by atomic mass is 19.1. The van der Waals surface area contributed by atoms with E-state index in [1.54, 1.807) is 37.3 Å². The molecule has 10 heteroatoms. The highest BCUT2D eigenvalue weighted by Crippen LogP contribution is 2.29. The maximum atomic E-state index is 13.9. The van der Waals surface area contributed by atoms with Gasteiger partial charge >= 0.3 is 6.09 Å². The number of anilines is 1. The Kier molecular flexibility index (Phi) is 10.00. The van der Waals surface area contributed by atoms with Crippen LogP contribution >= 0.6 is 0 Å². The first-order valence-electron chi connectivity index (χ1n) is 9.89. The van der Waals surface area contributed by atoms with Crippen LogP contribution in [0.5, 0.6) is 5.75 Å². The van der Waals surface area contributed by atoms with E-state index in [4.69, 9.17) is 19.8 Å². The van der Waals surface area contributed by atoms with Crippen molar-refractivity contribution in [2.45, 2.75) is 13.0 Å². The van der Waals surface area contributed by atoms with E-state index in [1.165, 1.54) is 17.6 Å². The lowest BCUT2D eigenvalue weighted by atomic mass is 9.96. The molecule has 0 saturated carbocycles. The summed E-state index contributed by atoms with van der Waals surface area (Å²) in [7, 11) is 0. The van der Waals surface area contributed by atoms with Crippen molar-refractivity contribution in [3.05, 3.63) is 84.0 Å². The molecule has 0 radical (unpaired) electrons. The van der Waals surface area contributed by atoms with E-state index >= 15 is 0 Å². The van der Waals surface area contributed by atoms with Gasteiger partial charge in [0.15, 0.2) is 0 Å². The van der Waals surface area contributed by atoms with Crippen LogP contribution in [0.1, 0.15) is 18.6 Å². The lowest BCUT2D eigenvalue weighted by Crippen LogP contribution is -2.21. The number of rotatable bonds is 10. The molecule has 2 rings (SSSR count). The van der Waals surface area contributed by atoms with Crippen LogP contribution in [0, 0.1) is 17.6 Å². The first-order chi connectivity index (χ1) is 15.8. The Morgan fingerprint density at radius 1 is 1.12 bits per heavy atom. The summed E-state index contributed by atoms with van der Waals surface area (Å²) >= 11 is 0. The van der Waals surface area contributed by atoms with Crippen molar-refractivity contribution in [1.82, 2.24) is 5.48 Å². The molecule has 33 heavy (non-hydrogen) atoms. The summed E-state index contributed by atoms with van der Waals surface area (Å²) in [5.74, 6) is -2.34. The molecule has 2 aromatic carbocycles. The molecule has 0 fully saturated rings. The molecule has 176 valence electrons. The van der Waals surface area contributed by atoms with Crippen LogP contribution in [-0.2, 0) is 9.53 Å². The van der Waals surface area contributed by atoms with Gasteiger partial charge in [-0.1, -0.05) is 37.3 Å². The molecule has 0 unspecified atom stereocenters. The van der Waals surface area contributed by atoms with Gasteiger partial charge in [0.1, 0.15) is 30.1 Å². The maximum Gasteiger partial charge on any atom is 0.412 e. The quantitative estimate of drug-likeness (QED) is 0.184. The number of carbonyl (C=O) groups excluding carboxylic acids is 2. The molecule has 2 aromatic rings. The Morgan fingerprint density at radius 2 is 1.85 bits per heavy atom. The highest BCUT2D eigenvalue weighted by molar-refractivity contribution is 5.86. The van der Waals surface area contributed by atoms with Gasteiger partial charge in [0.2, 0.25) is 0 Å². The first-order valence-corrected chi connectivity index (χ1v) is 9.89. The summed E-state index contributed by atoms with van der Waals surface area (Å²) in [6.45, 7) is 1.73. The van der Waals surface area contributed by atoms with Crippen LogP contribution in [-0.4, -0.2) is 35.5 Å². The number of aliphatic hydroxyl groups is 1. The number of aliphatic hydroxyl groups excluding tert-OH is 1. The van der Waals surface area contributed by atoms with E-state index < -0.39 is 35.7 Å². The Labute approximate surface area is 189 Å². The average Bonchev–Trinajstić information content (AvgIpc) is 2.80. The molecule has 0 bridgehead atoms. The van der Waals surface area contributed by atoms with E-state index in [9.17, 15) is 18.4 Å². The molecule has 0 aliphatic carbocycles. The summed E-state index contributed by atoms with van der Waals surface area (Å²) in [6, 6.07) is 9.33. The number of hydrogen-bond acceptors (Lipinski definition) is 6. The van der Waals surface area contributed by atoms with Crippen LogP contribution < -0.4 is 15.5 Å². The van der Waals surface area contributed by atoms with E-state index in [2.05, 4.69) is 5.32 Å². The van der Waals surface area contributed by atoms with E-state index in [0.29, 0.717) is 17.4 Å². The minimum Gasteiger partial charge on any atom is -0.491 e. The van der Waals surface area contributed by atoms with Crippen molar-refractivity contribution >= 4 is 17.7 Å². The predicted octanol–water partition coefficient (Wildman–Crippen LogP) is 3.88. The van der Waals surface area contributed by atoms with E-state index in [1.807, 2.05) is 0 Å². The molecule has 8 nitrogen and oxygen atoms in total. The van der Waals surface area contributed by atoms with Gasteiger partial charge in [-0.05, 0) is 29.8 Å². The summed E-state index contributed by atoms with van der Waals surface area (Å²) in [5.41, 5.74) is 1.81. The summed E-state index contributed by atoms with van der Waals surface area (Å²) in [4.78, 5) is 23.5. The van der Waals surface area contributed by atoms with Crippen molar-refractivity contribution < 1.29 is 38.2 Å². The van der Waals surface area contributed by atoms with Crippen LogP contribution in [0.3, 0.4) is 0 Å². The fourth-order valence-corrected chi connectivity index (χ4v) is 2.76. The molecule has 0 saturated heterocycles. The second kappa shape index (κ2) is 12.9. The molecule has 2 atom stereocenters. The van der Waals surface area contributed by atoms with Crippen molar-refractivity contribution in [2.24, 2.45) is 5.92 Å². The number of amides is 2. The predicted molar refractivity (Wildman–Crippen MR) is 116 cm³/mol. The van der Waals surface area contributed by atoms with Gasteiger partial charge in [0.25, 0.3) is 5.91 Å². The van der Waals surface area contributed by atoms with Gasteiger partial charge in [-0.25, -0.2) is 19.1 Å². The average molecular weight is 462 g/mol. The number of halogens is 2. The van der Waals surface area contributed by atoms with Gasteiger partial charge < -0.3 is 14.6 Å². The molecule has 0 aliphatic heterocycles. The fourth-order valence-electron chi connectivity index (χ4n) is 2.76. The minimum atomic E-state index is -0.957.